The highest BCUT2D eigenvalue weighted by molar-refractivity contribution is 5.68. The van der Waals surface area contributed by atoms with Crippen LogP contribution in [0.3, 0.4) is 0 Å². The standard InChI is InChI=1S/C40H40N2O5/c1-25-23-26(2)34-32(24-25)47-40(30-18-20-31(46-5)21-19-30)35(28-14-8-6-9-15-28)33-36(39(34,40)44)41-37(29-16-10-7-11-17-29)42(38(33)43)22-12-13-27(3)45-4/h6-11,14-21,23-24,27,35,44H,12-13,22H2,1-5H3/t27?,35-,39+,40+/m1/s1. The molecule has 0 fully saturated rings. The molecule has 47 heavy (non-hydrogen) atoms. The molecule has 4 atom stereocenters. The van der Waals surface area contributed by atoms with Gasteiger partial charge in [0.2, 0.25) is 0 Å². The van der Waals surface area contributed by atoms with Crippen molar-refractivity contribution < 1.29 is 19.3 Å². The smallest absolute Gasteiger partial charge is 0.258 e. The second-order valence-electron chi connectivity index (χ2n) is 12.8. The number of fused-ring (bicyclic) bond motifs is 5. The molecule has 4 aromatic carbocycles. The predicted molar refractivity (Wildman–Crippen MR) is 182 cm³/mol. The number of benzene rings is 4. The largest absolute Gasteiger partial charge is 0.497 e. The first-order valence-corrected chi connectivity index (χ1v) is 16.2. The molecular formula is C40H40N2O5. The highest BCUT2D eigenvalue weighted by Crippen LogP contribution is 2.68. The molecule has 0 saturated heterocycles. The van der Waals surface area contributed by atoms with Crippen LogP contribution in [0.2, 0.25) is 0 Å². The van der Waals surface area contributed by atoms with E-state index in [9.17, 15) is 5.11 Å². The lowest BCUT2D eigenvalue weighted by Gasteiger charge is -2.40. The summed E-state index contributed by atoms with van der Waals surface area (Å²) in [7, 11) is 3.33. The van der Waals surface area contributed by atoms with E-state index in [1.165, 1.54) is 0 Å². The predicted octanol–water partition coefficient (Wildman–Crippen LogP) is 7.02. The van der Waals surface area contributed by atoms with Crippen LogP contribution in [0.5, 0.6) is 11.5 Å². The Balaban J connectivity index is 1.59. The molecule has 7 heteroatoms. The van der Waals surface area contributed by atoms with Gasteiger partial charge in [0.1, 0.15) is 17.3 Å². The van der Waals surface area contributed by atoms with Gasteiger partial charge in [0, 0.05) is 30.3 Å². The SMILES string of the molecule is COc1ccc([C@@]23Oc4cc(C)cc(C)c4[C@]2(O)c2nc(-c4ccccc4)n(CCCC(C)OC)c(=O)c2[C@H]3c2ccccc2)cc1. The first-order valence-electron chi connectivity index (χ1n) is 16.2. The van der Waals surface area contributed by atoms with E-state index in [0.717, 1.165) is 40.7 Å². The maximum atomic E-state index is 15.2. The Bertz CT molecular complexity index is 1990. The van der Waals surface area contributed by atoms with Gasteiger partial charge in [-0.05, 0) is 68.5 Å². The third-order valence-corrected chi connectivity index (χ3v) is 9.93. The number of methoxy groups -OCH3 is 2. The van der Waals surface area contributed by atoms with Crippen LogP contribution >= 0.6 is 0 Å². The fraction of sp³-hybridized carbons (Fsp3) is 0.300. The minimum absolute atomic E-state index is 0.0556. The zero-order chi connectivity index (χ0) is 32.9. The lowest BCUT2D eigenvalue weighted by Crippen LogP contribution is -2.49. The van der Waals surface area contributed by atoms with Gasteiger partial charge in [0.15, 0.2) is 11.2 Å². The third kappa shape index (κ3) is 4.63. The Morgan fingerprint density at radius 2 is 1.64 bits per heavy atom. The van der Waals surface area contributed by atoms with Gasteiger partial charge in [-0.3, -0.25) is 9.36 Å². The van der Waals surface area contributed by atoms with Crippen molar-refractivity contribution in [2.45, 2.75) is 63.4 Å². The van der Waals surface area contributed by atoms with Crippen molar-refractivity contribution in [2.75, 3.05) is 14.2 Å². The van der Waals surface area contributed by atoms with E-state index < -0.39 is 17.1 Å². The molecule has 1 aliphatic heterocycles. The quantitative estimate of drug-likeness (QED) is 0.189. The molecule has 7 rings (SSSR count). The highest BCUT2D eigenvalue weighted by atomic mass is 16.5. The molecule has 0 saturated carbocycles. The van der Waals surface area contributed by atoms with E-state index in [1.807, 2.05) is 112 Å². The van der Waals surface area contributed by atoms with Crippen LogP contribution in [0.15, 0.2) is 102 Å². The normalized spacial score (nSPS) is 21.4. The third-order valence-electron chi connectivity index (χ3n) is 9.93. The van der Waals surface area contributed by atoms with Crippen LogP contribution < -0.4 is 15.0 Å². The first-order chi connectivity index (χ1) is 22.7. The van der Waals surface area contributed by atoms with Gasteiger partial charge in [0.25, 0.3) is 5.56 Å². The summed E-state index contributed by atoms with van der Waals surface area (Å²) in [4.78, 5) is 20.5. The van der Waals surface area contributed by atoms with Crippen LogP contribution in [0, 0.1) is 13.8 Å². The van der Waals surface area contributed by atoms with Crippen molar-refractivity contribution in [3.05, 3.63) is 146 Å². The zero-order valence-corrected chi connectivity index (χ0v) is 27.5. The number of aryl methyl sites for hydroxylation is 2. The fourth-order valence-corrected chi connectivity index (χ4v) is 7.77. The van der Waals surface area contributed by atoms with Crippen molar-refractivity contribution in [1.82, 2.24) is 9.55 Å². The summed E-state index contributed by atoms with van der Waals surface area (Å²) in [6.07, 6.45) is 1.56. The molecule has 0 amide bonds. The second kappa shape index (κ2) is 11.8. The van der Waals surface area contributed by atoms with Gasteiger partial charge in [-0.2, -0.15) is 0 Å². The van der Waals surface area contributed by atoms with Crippen molar-refractivity contribution in [3.8, 4) is 22.9 Å². The minimum Gasteiger partial charge on any atom is -0.497 e. The van der Waals surface area contributed by atoms with Gasteiger partial charge in [-0.15, -0.1) is 0 Å². The fourth-order valence-electron chi connectivity index (χ4n) is 7.77. The number of aromatic nitrogens is 2. The molecule has 5 aromatic rings. The van der Waals surface area contributed by atoms with Crippen LogP contribution in [0.1, 0.15) is 64.8 Å². The number of nitrogens with zero attached hydrogens (tertiary/aromatic N) is 2. The van der Waals surface area contributed by atoms with Gasteiger partial charge in [-0.1, -0.05) is 78.9 Å². The maximum Gasteiger partial charge on any atom is 0.258 e. The van der Waals surface area contributed by atoms with E-state index in [4.69, 9.17) is 19.2 Å². The Labute approximate surface area is 275 Å². The molecule has 1 aromatic heterocycles. The average molecular weight is 629 g/mol. The van der Waals surface area contributed by atoms with Crippen molar-refractivity contribution in [2.24, 2.45) is 0 Å². The first kappa shape index (κ1) is 30.9. The summed E-state index contributed by atoms with van der Waals surface area (Å²) in [5.74, 6) is 1.11. The Kier molecular flexibility index (Phi) is 7.77. The number of hydrogen-bond donors (Lipinski definition) is 1. The molecule has 2 aliphatic rings. The van der Waals surface area contributed by atoms with Crippen LogP contribution in [0.25, 0.3) is 11.4 Å². The zero-order valence-electron chi connectivity index (χ0n) is 27.5. The maximum absolute atomic E-state index is 15.2. The molecular weight excluding hydrogens is 588 g/mol. The van der Waals surface area contributed by atoms with Gasteiger partial charge < -0.3 is 19.3 Å². The topological polar surface area (TPSA) is 82.8 Å². The van der Waals surface area contributed by atoms with E-state index in [1.54, 1.807) is 18.8 Å². The van der Waals surface area contributed by atoms with Crippen LogP contribution in [-0.4, -0.2) is 35.0 Å². The van der Waals surface area contributed by atoms with Crippen LogP contribution in [-0.2, 0) is 22.5 Å². The molecule has 1 aliphatic carbocycles. The summed E-state index contributed by atoms with van der Waals surface area (Å²) in [6, 6.07) is 31.3. The summed E-state index contributed by atoms with van der Waals surface area (Å²) >= 11 is 0. The Hall–Kier alpha value is -4.72. The Morgan fingerprint density at radius 3 is 2.30 bits per heavy atom. The molecule has 240 valence electrons. The number of hydrogen-bond acceptors (Lipinski definition) is 6. The molecule has 2 heterocycles. The monoisotopic (exact) mass is 628 g/mol. The van der Waals surface area contributed by atoms with Crippen molar-refractivity contribution >= 4 is 0 Å². The lowest BCUT2D eigenvalue weighted by atomic mass is 9.69. The molecule has 0 spiro atoms. The Morgan fingerprint density at radius 1 is 0.957 bits per heavy atom. The summed E-state index contributed by atoms with van der Waals surface area (Å²) in [6.45, 7) is 6.49. The highest BCUT2D eigenvalue weighted by Gasteiger charge is 2.73. The average Bonchev–Trinajstić information content (AvgIpc) is 3.48. The lowest BCUT2D eigenvalue weighted by molar-refractivity contribution is -0.0906. The number of rotatable bonds is 9. The number of ether oxygens (including phenoxy) is 3. The van der Waals surface area contributed by atoms with Gasteiger partial charge in [-0.25, -0.2) is 4.98 Å². The van der Waals surface area contributed by atoms with Crippen molar-refractivity contribution in [1.29, 1.82) is 0 Å². The van der Waals surface area contributed by atoms with E-state index >= 15 is 4.79 Å². The van der Waals surface area contributed by atoms with Gasteiger partial charge in [0.05, 0.1) is 30.4 Å². The number of aliphatic hydroxyl groups is 1. The van der Waals surface area contributed by atoms with Gasteiger partial charge >= 0.3 is 0 Å². The summed E-state index contributed by atoms with van der Waals surface area (Å²) in [5.41, 5.74) is 2.27. The molecule has 1 unspecified atom stereocenters. The molecule has 7 nitrogen and oxygen atoms in total. The second-order valence-corrected chi connectivity index (χ2v) is 12.8. The van der Waals surface area contributed by atoms with E-state index in [-0.39, 0.29) is 11.7 Å². The van der Waals surface area contributed by atoms with Crippen LogP contribution in [0.4, 0.5) is 0 Å². The summed E-state index contributed by atoms with van der Waals surface area (Å²) < 4.78 is 20.0. The van der Waals surface area contributed by atoms with Crippen molar-refractivity contribution in [3.63, 3.8) is 0 Å². The summed E-state index contributed by atoms with van der Waals surface area (Å²) in [5, 5.41) is 13.7. The molecule has 1 N–H and O–H groups in total. The minimum atomic E-state index is -1.79. The molecule has 0 bridgehead atoms. The van der Waals surface area contributed by atoms with E-state index in [0.29, 0.717) is 40.7 Å². The molecule has 0 radical (unpaired) electrons. The van der Waals surface area contributed by atoms with E-state index in [2.05, 4.69) is 6.07 Å².